The van der Waals surface area contributed by atoms with E-state index in [0.29, 0.717) is 12.1 Å². The Kier molecular flexibility index (Phi) is 3.60. The highest BCUT2D eigenvalue weighted by molar-refractivity contribution is 5.56. The Morgan fingerprint density at radius 1 is 1.06 bits per heavy atom. The van der Waals surface area contributed by atoms with E-state index in [-0.39, 0.29) is 5.82 Å². The first-order valence-electron chi connectivity index (χ1n) is 5.41. The van der Waals surface area contributed by atoms with E-state index in [0.717, 1.165) is 11.4 Å². The van der Waals surface area contributed by atoms with Gasteiger partial charge in [0.2, 0.25) is 0 Å². The minimum absolute atomic E-state index is 0.199. The summed E-state index contributed by atoms with van der Waals surface area (Å²) in [6.07, 6.45) is 0. The van der Waals surface area contributed by atoms with Crippen molar-refractivity contribution in [2.45, 2.75) is 6.54 Å². The number of hydrogen-bond acceptors (Lipinski definition) is 2. The van der Waals surface area contributed by atoms with Crippen LogP contribution in [0, 0.1) is 5.82 Å². The monoisotopic (exact) mass is 231 g/mol. The summed E-state index contributed by atoms with van der Waals surface area (Å²) in [5, 5.41) is 3.16. The van der Waals surface area contributed by atoms with Crippen LogP contribution >= 0.6 is 0 Å². The highest BCUT2D eigenvalue weighted by Gasteiger charge is 2.03. The van der Waals surface area contributed by atoms with Crippen molar-refractivity contribution in [2.24, 2.45) is 0 Å². The molecule has 0 fully saturated rings. The molecule has 0 amide bonds. The van der Waals surface area contributed by atoms with Crippen molar-refractivity contribution in [3.05, 3.63) is 59.9 Å². The van der Waals surface area contributed by atoms with Crippen molar-refractivity contribution in [1.82, 2.24) is 0 Å². The van der Waals surface area contributed by atoms with E-state index in [9.17, 15) is 4.39 Å². The number of ether oxygens (including phenoxy) is 1. The van der Waals surface area contributed by atoms with Crippen LogP contribution in [0.1, 0.15) is 5.56 Å². The topological polar surface area (TPSA) is 21.3 Å². The second-order valence-electron chi connectivity index (χ2n) is 3.65. The Morgan fingerprint density at radius 3 is 2.53 bits per heavy atom. The van der Waals surface area contributed by atoms with Crippen molar-refractivity contribution in [3.8, 4) is 5.75 Å². The number of benzene rings is 2. The number of anilines is 1. The van der Waals surface area contributed by atoms with Gasteiger partial charge in [0, 0.05) is 12.1 Å². The SMILES string of the molecule is COc1ccccc1NCc1ccccc1F. The highest BCUT2D eigenvalue weighted by atomic mass is 19.1. The molecule has 2 rings (SSSR count). The molecular formula is C14H14FNO. The number of methoxy groups -OCH3 is 1. The molecule has 0 radical (unpaired) electrons. The molecule has 0 saturated heterocycles. The Balaban J connectivity index is 2.10. The molecule has 0 aliphatic rings. The lowest BCUT2D eigenvalue weighted by Gasteiger charge is -2.11. The molecule has 0 atom stereocenters. The molecule has 0 bridgehead atoms. The molecule has 2 aromatic rings. The van der Waals surface area contributed by atoms with Crippen LogP contribution in [0.15, 0.2) is 48.5 Å². The summed E-state index contributed by atoms with van der Waals surface area (Å²) in [5.74, 6) is 0.554. The standard InChI is InChI=1S/C14H14FNO/c1-17-14-9-5-4-8-13(14)16-10-11-6-2-3-7-12(11)15/h2-9,16H,10H2,1H3. The second kappa shape index (κ2) is 5.34. The van der Waals surface area contributed by atoms with Crippen LogP contribution in [-0.2, 0) is 6.54 Å². The maximum atomic E-state index is 13.4. The average molecular weight is 231 g/mol. The Morgan fingerprint density at radius 2 is 1.76 bits per heavy atom. The van der Waals surface area contributed by atoms with E-state index in [4.69, 9.17) is 4.74 Å². The van der Waals surface area contributed by atoms with Gasteiger partial charge in [-0.1, -0.05) is 30.3 Å². The summed E-state index contributed by atoms with van der Waals surface area (Å²) >= 11 is 0. The fraction of sp³-hybridized carbons (Fsp3) is 0.143. The molecular weight excluding hydrogens is 217 g/mol. The minimum Gasteiger partial charge on any atom is -0.495 e. The largest absolute Gasteiger partial charge is 0.495 e. The van der Waals surface area contributed by atoms with Gasteiger partial charge < -0.3 is 10.1 Å². The van der Waals surface area contributed by atoms with Gasteiger partial charge in [-0.15, -0.1) is 0 Å². The van der Waals surface area contributed by atoms with Crippen molar-refractivity contribution in [1.29, 1.82) is 0 Å². The van der Waals surface area contributed by atoms with Gasteiger partial charge in [-0.3, -0.25) is 0 Å². The van der Waals surface area contributed by atoms with Crippen LogP contribution in [0.2, 0.25) is 0 Å². The molecule has 0 unspecified atom stereocenters. The first kappa shape index (κ1) is 11.5. The lowest BCUT2D eigenvalue weighted by atomic mass is 10.2. The van der Waals surface area contributed by atoms with E-state index in [1.807, 2.05) is 30.3 Å². The lowest BCUT2D eigenvalue weighted by molar-refractivity contribution is 0.416. The number of hydrogen-bond donors (Lipinski definition) is 1. The molecule has 0 spiro atoms. The molecule has 3 heteroatoms. The number of rotatable bonds is 4. The van der Waals surface area contributed by atoms with Crippen LogP contribution in [0.25, 0.3) is 0 Å². The molecule has 2 aromatic carbocycles. The first-order chi connectivity index (χ1) is 8.31. The summed E-state index contributed by atoms with van der Waals surface area (Å²) in [6, 6.07) is 14.3. The van der Waals surface area contributed by atoms with Crippen molar-refractivity contribution < 1.29 is 9.13 Å². The van der Waals surface area contributed by atoms with Crippen molar-refractivity contribution >= 4 is 5.69 Å². The molecule has 1 N–H and O–H groups in total. The van der Waals surface area contributed by atoms with Crippen LogP contribution < -0.4 is 10.1 Å². The van der Waals surface area contributed by atoms with Crippen molar-refractivity contribution in [2.75, 3.05) is 12.4 Å². The maximum absolute atomic E-state index is 13.4. The van der Waals surface area contributed by atoms with E-state index >= 15 is 0 Å². The molecule has 17 heavy (non-hydrogen) atoms. The quantitative estimate of drug-likeness (QED) is 0.870. The normalized spacial score (nSPS) is 10.0. The summed E-state index contributed by atoms with van der Waals surface area (Å²) < 4.78 is 18.6. The van der Waals surface area contributed by atoms with Crippen molar-refractivity contribution in [3.63, 3.8) is 0 Å². The molecule has 0 saturated carbocycles. The molecule has 0 aromatic heterocycles. The minimum atomic E-state index is -0.199. The molecule has 88 valence electrons. The van der Waals surface area contributed by atoms with Gasteiger partial charge in [-0.05, 0) is 18.2 Å². The average Bonchev–Trinajstić information content (AvgIpc) is 2.38. The van der Waals surface area contributed by atoms with Gasteiger partial charge >= 0.3 is 0 Å². The van der Waals surface area contributed by atoms with Crippen LogP contribution in [0.3, 0.4) is 0 Å². The third-order valence-corrected chi connectivity index (χ3v) is 2.53. The van der Waals surface area contributed by atoms with Gasteiger partial charge in [-0.25, -0.2) is 4.39 Å². The number of nitrogens with one attached hydrogen (secondary N) is 1. The van der Waals surface area contributed by atoms with Gasteiger partial charge in [0.25, 0.3) is 0 Å². The summed E-state index contributed by atoms with van der Waals surface area (Å²) in [5.41, 5.74) is 1.50. The zero-order valence-corrected chi connectivity index (χ0v) is 9.61. The lowest BCUT2D eigenvalue weighted by Crippen LogP contribution is -2.02. The molecule has 0 aliphatic carbocycles. The third-order valence-electron chi connectivity index (χ3n) is 2.53. The van der Waals surface area contributed by atoms with Crippen LogP contribution in [-0.4, -0.2) is 7.11 Å². The first-order valence-corrected chi connectivity index (χ1v) is 5.41. The second-order valence-corrected chi connectivity index (χ2v) is 3.65. The third kappa shape index (κ3) is 2.75. The number of para-hydroxylation sites is 2. The van der Waals surface area contributed by atoms with Gasteiger partial charge in [0.05, 0.1) is 12.8 Å². The van der Waals surface area contributed by atoms with Gasteiger partial charge in [-0.2, -0.15) is 0 Å². The van der Waals surface area contributed by atoms with E-state index < -0.39 is 0 Å². The van der Waals surface area contributed by atoms with Gasteiger partial charge in [0.15, 0.2) is 0 Å². The van der Waals surface area contributed by atoms with E-state index in [1.54, 1.807) is 19.2 Å². The molecule has 0 aliphatic heterocycles. The Hall–Kier alpha value is -2.03. The zero-order valence-electron chi connectivity index (χ0n) is 9.61. The smallest absolute Gasteiger partial charge is 0.141 e. The summed E-state index contributed by atoms with van der Waals surface area (Å²) in [6.45, 7) is 0.438. The van der Waals surface area contributed by atoms with Crippen LogP contribution in [0.4, 0.5) is 10.1 Å². The summed E-state index contributed by atoms with van der Waals surface area (Å²) in [7, 11) is 1.61. The van der Waals surface area contributed by atoms with Gasteiger partial charge in [0.1, 0.15) is 11.6 Å². The maximum Gasteiger partial charge on any atom is 0.141 e. The fourth-order valence-corrected chi connectivity index (χ4v) is 1.62. The summed E-state index contributed by atoms with van der Waals surface area (Å²) in [4.78, 5) is 0. The zero-order chi connectivity index (χ0) is 12.1. The molecule has 2 nitrogen and oxygen atoms in total. The molecule has 0 heterocycles. The Labute approximate surface area is 100 Å². The predicted octanol–water partition coefficient (Wildman–Crippen LogP) is 3.45. The van der Waals surface area contributed by atoms with E-state index in [1.165, 1.54) is 6.07 Å². The fourth-order valence-electron chi connectivity index (χ4n) is 1.62. The predicted molar refractivity (Wildman–Crippen MR) is 66.7 cm³/mol. The Bertz CT molecular complexity index is 499. The van der Waals surface area contributed by atoms with Crippen LogP contribution in [0.5, 0.6) is 5.75 Å². The van der Waals surface area contributed by atoms with E-state index in [2.05, 4.69) is 5.32 Å². The number of halogens is 1. The highest BCUT2D eigenvalue weighted by Crippen LogP contribution is 2.23.